The van der Waals surface area contributed by atoms with Crippen LogP contribution in [0, 0.1) is 0 Å². The first-order valence-electron chi connectivity index (χ1n) is 16.2. The predicted molar refractivity (Wildman–Crippen MR) is 168 cm³/mol. The van der Waals surface area contributed by atoms with Gasteiger partial charge in [-0.1, -0.05) is 19.8 Å². The fraction of sp³-hybridized carbons (Fsp3) is 0.742. The van der Waals surface area contributed by atoms with Gasteiger partial charge in [0.15, 0.2) is 6.29 Å². The van der Waals surface area contributed by atoms with Crippen molar-refractivity contribution in [2.45, 2.75) is 89.9 Å². The Morgan fingerprint density at radius 1 is 0.739 bits per heavy atom. The lowest BCUT2D eigenvalue weighted by Crippen LogP contribution is -2.36. The predicted octanol–water partition coefficient (Wildman–Crippen LogP) is 0.0538. The molecule has 2 atom stereocenters. The van der Waals surface area contributed by atoms with Crippen LogP contribution in [0.25, 0.3) is 0 Å². The van der Waals surface area contributed by atoms with Gasteiger partial charge in [0.05, 0.1) is 19.3 Å². The Kier molecular flexibility index (Phi) is 22.7. The van der Waals surface area contributed by atoms with Crippen molar-refractivity contribution in [3.63, 3.8) is 0 Å². The molecule has 46 heavy (non-hydrogen) atoms. The molecule has 0 aliphatic carbocycles. The summed E-state index contributed by atoms with van der Waals surface area (Å²) in [4.78, 5) is 71.7. The number of hydrogen-bond donors (Lipinski definition) is 5. The van der Waals surface area contributed by atoms with Crippen LogP contribution in [-0.4, -0.2) is 117 Å². The van der Waals surface area contributed by atoms with E-state index in [2.05, 4.69) is 21.3 Å². The van der Waals surface area contributed by atoms with Crippen molar-refractivity contribution in [1.29, 1.82) is 0 Å². The van der Waals surface area contributed by atoms with Crippen LogP contribution in [0.4, 0.5) is 0 Å². The van der Waals surface area contributed by atoms with Gasteiger partial charge < -0.3 is 40.6 Å². The van der Waals surface area contributed by atoms with Crippen molar-refractivity contribution < 1.29 is 48.1 Å². The summed E-state index contributed by atoms with van der Waals surface area (Å²) in [5, 5.41) is 20.1. The number of carbonyl (C=O) groups is 6. The number of unbranched alkanes of at least 4 members (excludes halogenated alkanes) is 3. The average Bonchev–Trinajstić information content (AvgIpc) is 3.36. The van der Waals surface area contributed by atoms with Crippen LogP contribution in [-0.2, 0) is 43.0 Å². The third-order valence-electron chi connectivity index (χ3n) is 7.03. The first-order chi connectivity index (χ1) is 22.2. The molecule has 6 amide bonds. The first-order valence-corrected chi connectivity index (χ1v) is 16.2. The van der Waals surface area contributed by atoms with Gasteiger partial charge in [-0.05, 0) is 32.1 Å². The second kappa shape index (κ2) is 25.8. The number of imide groups is 1. The number of amides is 6. The SMILES string of the molecule is CCC(CO)OC(CCCC(=O)NCCC(=O)NCCNC(=O)CCOCCCCCCNC(=O)CCN1C(=O)C=CC1=O)OC. The molecule has 0 aromatic heterocycles. The van der Waals surface area contributed by atoms with Gasteiger partial charge >= 0.3 is 0 Å². The van der Waals surface area contributed by atoms with Gasteiger partial charge in [-0.2, -0.15) is 0 Å². The summed E-state index contributed by atoms with van der Waals surface area (Å²) in [6.07, 6.45) is 7.50. The van der Waals surface area contributed by atoms with Gasteiger partial charge in [0.25, 0.3) is 11.8 Å². The molecular formula is C31H53N5O10. The fourth-order valence-electron chi connectivity index (χ4n) is 4.27. The van der Waals surface area contributed by atoms with E-state index in [4.69, 9.17) is 14.2 Å². The maximum Gasteiger partial charge on any atom is 0.253 e. The molecule has 2 unspecified atom stereocenters. The van der Waals surface area contributed by atoms with Crippen molar-refractivity contribution in [1.82, 2.24) is 26.2 Å². The van der Waals surface area contributed by atoms with E-state index in [1.54, 1.807) is 0 Å². The Morgan fingerprint density at radius 2 is 1.33 bits per heavy atom. The highest BCUT2D eigenvalue weighted by Gasteiger charge is 2.23. The number of methoxy groups -OCH3 is 1. The summed E-state index contributed by atoms with van der Waals surface area (Å²) >= 11 is 0. The number of aliphatic hydroxyl groups excluding tert-OH is 1. The Balaban J connectivity index is 1.90. The molecule has 0 saturated carbocycles. The number of aliphatic hydroxyl groups is 1. The molecule has 0 aromatic carbocycles. The lowest BCUT2D eigenvalue weighted by Gasteiger charge is -2.21. The van der Waals surface area contributed by atoms with E-state index in [9.17, 15) is 33.9 Å². The molecule has 0 spiro atoms. The van der Waals surface area contributed by atoms with Crippen LogP contribution >= 0.6 is 0 Å². The molecule has 1 heterocycles. The summed E-state index contributed by atoms with van der Waals surface area (Å²) in [5.41, 5.74) is 0. The molecule has 1 aliphatic heterocycles. The number of nitrogens with one attached hydrogen (secondary N) is 4. The van der Waals surface area contributed by atoms with E-state index in [0.717, 1.165) is 30.6 Å². The van der Waals surface area contributed by atoms with E-state index in [0.29, 0.717) is 39.0 Å². The smallest absolute Gasteiger partial charge is 0.253 e. The first kappa shape index (κ1) is 40.6. The Labute approximate surface area is 271 Å². The highest BCUT2D eigenvalue weighted by Crippen LogP contribution is 2.10. The van der Waals surface area contributed by atoms with Gasteiger partial charge in [-0.3, -0.25) is 33.7 Å². The largest absolute Gasteiger partial charge is 0.394 e. The van der Waals surface area contributed by atoms with Crippen molar-refractivity contribution >= 4 is 35.4 Å². The zero-order valence-electron chi connectivity index (χ0n) is 27.3. The molecule has 1 aliphatic rings. The molecule has 262 valence electrons. The van der Waals surface area contributed by atoms with Gasteiger partial charge in [-0.25, -0.2) is 0 Å². The molecule has 0 saturated heterocycles. The monoisotopic (exact) mass is 655 g/mol. The molecule has 15 heteroatoms. The number of carbonyl (C=O) groups excluding carboxylic acids is 6. The number of ether oxygens (including phenoxy) is 3. The molecule has 15 nitrogen and oxygen atoms in total. The van der Waals surface area contributed by atoms with E-state index in [-0.39, 0.29) is 88.2 Å². The summed E-state index contributed by atoms with van der Waals surface area (Å²) in [5.74, 6) is -1.55. The van der Waals surface area contributed by atoms with Crippen LogP contribution < -0.4 is 21.3 Å². The average molecular weight is 656 g/mol. The highest BCUT2D eigenvalue weighted by molar-refractivity contribution is 6.13. The van der Waals surface area contributed by atoms with Crippen LogP contribution in [0.2, 0.25) is 0 Å². The molecule has 0 radical (unpaired) electrons. The zero-order valence-corrected chi connectivity index (χ0v) is 27.3. The molecule has 0 bridgehead atoms. The number of rotatable bonds is 28. The van der Waals surface area contributed by atoms with Crippen molar-refractivity contribution in [2.24, 2.45) is 0 Å². The normalized spacial score (nSPS) is 13.8. The lowest BCUT2D eigenvalue weighted by molar-refractivity contribution is -0.168. The van der Waals surface area contributed by atoms with Gasteiger partial charge in [0, 0.05) is 84.3 Å². The van der Waals surface area contributed by atoms with E-state index in [1.807, 2.05) is 6.92 Å². The second-order valence-electron chi connectivity index (χ2n) is 10.7. The van der Waals surface area contributed by atoms with Crippen molar-refractivity contribution in [3.05, 3.63) is 12.2 Å². The van der Waals surface area contributed by atoms with E-state index >= 15 is 0 Å². The summed E-state index contributed by atoms with van der Waals surface area (Å²) < 4.78 is 16.4. The maximum absolute atomic E-state index is 12.0. The van der Waals surface area contributed by atoms with Crippen LogP contribution in [0.3, 0.4) is 0 Å². The fourth-order valence-corrected chi connectivity index (χ4v) is 4.27. The topological polar surface area (TPSA) is 202 Å². The summed E-state index contributed by atoms with van der Waals surface area (Å²) in [6, 6.07) is 0. The van der Waals surface area contributed by atoms with Crippen molar-refractivity contribution in [2.75, 3.05) is 59.7 Å². The van der Waals surface area contributed by atoms with Gasteiger partial charge in [-0.15, -0.1) is 0 Å². The molecule has 0 fully saturated rings. The summed E-state index contributed by atoms with van der Waals surface area (Å²) in [7, 11) is 1.52. The highest BCUT2D eigenvalue weighted by atomic mass is 16.7. The van der Waals surface area contributed by atoms with Gasteiger partial charge in [0.1, 0.15) is 0 Å². The Hall–Kier alpha value is -3.40. The third-order valence-corrected chi connectivity index (χ3v) is 7.03. The minimum absolute atomic E-state index is 0.0772. The van der Waals surface area contributed by atoms with Crippen LogP contribution in [0.15, 0.2) is 12.2 Å². The maximum atomic E-state index is 12.0. The molecule has 5 N–H and O–H groups in total. The quantitative estimate of drug-likeness (QED) is 0.0436. The molecular weight excluding hydrogens is 602 g/mol. The van der Waals surface area contributed by atoms with E-state index in [1.165, 1.54) is 19.3 Å². The van der Waals surface area contributed by atoms with Gasteiger partial charge in [0.2, 0.25) is 23.6 Å². The van der Waals surface area contributed by atoms with Crippen LogP contribution in [0.1, 0.15) is 77.6 Å². The lowest BCUT2D eigenvalue weighted by atomic mass is 10.2. The molecule has 1 rings (SSSR count). The van der Waals surface area contributed by atoms with Crippen LogP contribution in [0.5, 0.6) is 0 Å². The van der Waals surface area contributed by atoms with Crippen molar-refractivity contribution in [3.8, 4) is 0 Å². The number of hydrogen-bond acceptors (Lipinski definition) is 10. The minimum atomic E-state index is -0.485. The van der Waals surface area contributed by atoms with E-state index < -0.39 is 18.1 Å². The molecule has 0 aromatic rings. The Bertz CT molecular complexity index is 955. The summed E-state index contributed by atoms with van der Waals surface area (Å²) in [6.45, 7) is 4.03. The Morgan fingerprint density at radius 3 is 1.98 bits per heavy atom. The zero-order chi connectivity index (χ0) is 34.0. The second-order valence-corrected chi connectivity index (χ2v) is 10.7. The minimum Gasteiger partial charge on any atom is -0.394 e. The number of nitrogens with zero attached hydrogens (tertiary/aromatic N) is 1. The third kappa shape index (κ3) is 19.9. The standard InChI is InChI=1S/C31H53N5O10/c1-3-24(23-37)46-31(44-2)10-8-9-25(38)33-17-13-26(39)34-18-19-35-28(41)15-22-45-21-7-5-4-6-16-32-27(40)14-20-36-29(42)11-12-30(36)43/h11-12,24,31,37H,3-10,13-23H2,1-2H3,(H,32,40)(H,33,38)(H,34,39)(H,35,41).